The number of carbonyl (C=O) groups is 1. The van der Waals surface area contributed by atoms with E-state index in [-0.39, 0.29) is 5.91 Å². The predicted molar refractivity (Wildman–Crippen MR) is 91.1 cm³/mol. The molecule has 6 heteroatoms. The van der Waals surface area contributed by atoms with Gasteiger partial charge >= 0.3 is 7.12 Å². The minimum absolute atomic E-state index is 0.113. The van der Waals surface area contributed by atoms with Crippen molar-refractivity contribution in [1.82, 2.24) is 5.32 Å². The molecule has 2 rings (SSSR count). The highest BCUT2D eigenvalue weighted by molar-refractivity contribution is 6.62. The van der Waals surface area contributed by atoms with E-state index in [2.05, 4.69) is 5.32 Å². The third-order valence-electron chi connectivity index (χ3n) is 4.62. The lowest BCUT2D eigenvalue weighted by molar-refractivity contribution is 0.00578. The molecule has 0 saturated carbocycles. The van der Waals surface area contributed by atoms with E-state index < -0.39 is 18.3 Å². The van der Waals surface area contributed by atoms with Crippen LogP contribution in [0.4, 0.5) is 0 Å². The second kappa shape index (κ2) is 6.63. The van der Waals surface area contributed by atoms with E-state index in [1.807, 2.05) is 52.8 Å². The monoisotopic (exact) mass is 319 g/mol. The van der Waals surface area contributed by atoms with Crippen molar-refractivity contribution in [3.63, 3.8) is 0 Å². The summed E-state index contributed by atoms with van der Waals surface area (Å²) >= 11 is 0. The lowest BCUT2D eigenvalue weighted by Gasteiger charge is -2.32. The molecule has 0 radical (unpaired) electrons. The van der Waals surface area contributed by atoms with Gasteiger partial charge in [0.25, 0.3) is 5.91 Å². The highest BCUT2D eigenvalue weighted by Gasteiger charge is 2.51. The Kier molecular flexibility index (Phi) is 5.18. The summed E-state index contributed by atoms with van der Waals surface area (Å²) in [6, 6.07) is 5.72. The van der Waals surface area contributed by atoms with Crippen molar-refractivity contribution in [3.05, 3.63) is 29.3 Å². The summed E-state index contributed by atoms with van der Waals surface area (Å²) in [5, 5.41) is 2.85. The predicted octanol–water partition coefficient (Wildman–Crippen LogP) is 1.67. The van der Waals surface area contributed by atoms with Crippen LogP contribution in [-0.2, 0) is 14.0 Å². The second-order valence-corrected chi connectivity index (χ2v) is 6.91. The molecule has 1 aromatic rings. The first-order chi connectivity index (χ1) is 10.7. The molecule has 1 saturated heterocycles. The minimum atomic E-state index is -0.467. The summed E-state index contributed by atoms with van der Waals surface area (Å²) in [5.41, 5.74) is 1.60. The number of benzene rings is 1. The maximum Gasteiger partial charge on any atom is 0.494 e. The van der Waals surface area contributed by atoms with Gasteiger partial charge < -0.3 is 19.4 Å². The van der Waals surface area contributed by atoms with E-state index in [0.717, 1.165) is 11.0 Å². The molecule has 1 fully saturated rings. The number of methoxy groups -OCH3 is 1. The molecule has 0 aromatic heterocycles. The van der Waals surface area contributed by atoms with Gasteiger partial charge in [0, 0.05) is 19.2 Å². The number of nitrogens with one attached hydrogen (secondary N) is 1. The van der Waals surface area contributed by atoms with Gasteiger partial charge in [-0.1, -0.05) is 12.1 Å². The summed E-state index contributed by atoms with van der Waals surface area (Å²) in [6.07, 6.45) is 0. The van der Waals surface area contributed by atoms with E-state index in [1.54, 1.807) is 7.11 Å². The largest absolute Gasteiger partial charge is 0.494 e. The normalized spacial score (nSPS) is 19.0. The molecule has 1 aromatic carbocycles. The average Bonchev–Trinajstić information content (AvgIpc) is 2.68. The Bertz CT molecular complexity index is 570. The first-order valence-corrected chi connectivity index (χ1v) is 7.91. The van der Waals surface area contributed by atoms with Crippen LogP contribution in [0.5, 0.6) is 0 Å². The van der Waals surface area contributed by atoms with Crippen molar-refractivity contribution in [1.29, 1.82) is 0 Å². The van der Waals surface area contributed by atoms with Gasteiger partial charge in [-0.15, -0.1) is 0 Å². The number of carbonyl (C=O) groups excluding carboxylic acids is 1. The fourth-order valence-electron chi connectivity index (χ4n) is 2.37. The van der Waals surface area contributed by atoms with E-state index in [4.69, 9.17) is 14.0 Å². The summed E-state index contributed by atoms with van der Waals surface area (Å²) in [4.78, 5) is 12.3. The Morgan fingerprint density at radius 1 is 1.22 bits per heavy atom. The van der Waals surface area contributed by atoms with Gasteiger partial charge in [0.1, 0.15) is 0 Å². The van der Waals surface area contributed by atoms with Crippen LogP contribution >= 0.6 is 0 Å². The maximum absolute atomic E-state index is 12.3. The minimum Gasteiger partial charge on any atom is -0.399 e. The van der Waals surface area contributed by atoms with Crippen molar-refractivity contribution in [2.24, 2.45) is 0 Å². The smallest absolute Gasteiger partial charge is 0.399 e. The molecule has 0 aliphatic carbocycles. The second-order valence-electron chi connectivity index (χ2n) is 6.91. The van der Waals surface area contributed by atoms with E-state index in [0.29, 0.717) is 18.7 Å². The number of hydrogen-bond donors (Lipinski definition) is 1. The van der Waals surface area contributed by atoms with Crippen LogP contribution in [0.3, 0.4) is 0 Å². The van der Waals surface area contributed by atoms with Crippen LogP contribution in [0.25, 0.3) is 0 Å². The molecule has 0 unspecified atom stereocenters. The zero-order valence-corrected chi connectivity index (χ0v) is 14.9. The molecule has 1 amide bonds. The molecule has 1 aliphatic rings. The van der Waals surface area contributed by atoms with Crippen molar-refractivity contribution in [2.75, 3.05) is 20.3 Å². The maximum atomic E-state index is 12.3. The lowest BCUT2D eigenvalue weighted by atomic mass is 9.77. The summed E-state index contributed by atoms with van der Waals surface area (Å²) in [5.74, 6) is -0.113. The number of aryl methyl sites for hydroxylation is 1. The standard InChI is InChI=1S/C17H26BNO4/c1-12-7-8-13(11-14(12)15(20)19-9-10-21-6)18-22-16(2,3)17(4,5)23-18/h7-8,11H,9-10H2,1-6H3,(H,19,20). The SMILES string of the molecule is COCCNC(=O)c1cc(B2OC(C)(C)C(C)(C)O2)ccc1C. The van der Waals surface area contributed by atoms with Crippen LogP contribution < -0.4 is 10.8 Å². The fourth-order valence-corrected chi connectivity index (χ4v) is 2.37. The molecule has 1 N–H and O–H groups in total. The molecule has 23 heavy (non-hydrogen) atoms. The summed E-state index contributed by atoms with van der Waals surface area (Å²) in [6.45, 7) is 10.9. The van der Waals surface area contributed by atoms with Crippen LogP contribution in [-0.4, -0.2) is 44.5 Å². The highest BCUT2D eigenvalue weighted by Crippen LogP contribution is 2.36. The summed E-state index contributed by atoms with van der Waals surface area (Å²) < 4.78 is 17.1. The van der Waals surface area contributed by atoms with Crippen molar-refractivity contribution in [2.45, 2.75) is 45.8 Å². The first-order valence-electron chi connectivity index (χ1n) is 7.91. The van der Waals surface area contributed by atoms with Gasteiger partial charge in [-0.3, -0.25) is 4.79 Å². The lowest BCUT2D eigenvalue weighted by Crippen LogP contribution is -2.41. The molecule has 1 heterocycles. The quantitative estimate of drug-likeness (QED) is 0.663. The van der Waals surface area contributed by atoms with Gasteiger partial charge in [0.15, 0.2) is 0 Å². The Morgan fingerprint density at radius 3 is 2.39 bits per heavy atom. The number of ether oxygens (including phenoxy) is 1. The Hall–Kier alpha value is -1.37. The zero-order valence-electron chi connectivity index (χ0n) is 14.9. The van der Waals surface area contributed by atoms with Crippen LogP contribution in [0.2, 0.25) is 0 Å². The summed E-state index contributed by atoms with van der Waals surface area (Å²) in [7, 11) is 1.14. The molecule has 0 spiro atoms. The third-order valence-corrected chi connectivity index (χ3v) is 4.62. The third kappa shape index (κ3) is 3.76. The van der Waals surface area contributed by atoms with Gasteiger partial charge in [-0.25, -0.2) is 0 Å². The Balaban J connectivity index is 2.19. The Morgan fingerprint density at radius 2 is 1.83 bits per heavy atom. The van der Waals surface area contributed by atoms with Gasteiger partial charge in [-0.05, 0) is 51.7 Å². The highest BCUT2D eigenvalue weighted by atomic mass is 16.7. The molecule has 126 valence electrons. The van der Waals surface area contributed by atoms with Crippen molar-refractivity contribution >= 4 is 18.5 Å². The topological polar surface area (TPSA) is 56.8 Å². The number of hydrogen-bond acceptors (Lipinski definition) is 4. The van der Waals surface area contributed by atoms with Crippen molar-refractivity contribution < 1.29 is 18.8 Å². The zero-order chi connectivity index (χ0) is 17.3. The van der Waals surface area contributed by atoms with Crippen LogP contribution in [0.1, 0.15) is 43.6 Å². The van der Waals surface area contributed by atoms with Crippen LogP contribution in [0.15, 0.2) is 18.2 Å². The molecule has 5 nitrogen and oxygen atoms in total. The van der Waals surface area contributed by atoms with E-state index in [9.17, 15) is 4.79 Å². The van der Waals surface area contributed by atoms with Gasteiger partial charge in [0.05, 0.1) is 17.8 Å². The first kappa shape index (κ1) is 18.0. The van der Waals surface area contributed by atoms with Gasteiger partial charge in [-0.2, -0.15) is 0 Å². The number of amides is 1. The molecule has 0 bridgehead atoms. The van der Waals surface area contributed by atoms with Crippen molar-refractivity contribution in [3.8, 4) is 0 Å². The Labute approximate surface area is 138 Å². The fraction of sp³-hybridized carbons (Fsp3) is 0.588. The van der Waals surface area contributed by atoms with Crippen LogP contribution in [0, 0.1) is 6.92 Å². The molecular weight excluding hydrogens is 293 g/mol. The average molecular weight is 319 g/mol. The molecular formula is C17H26BNO4. The molecule has 0 atom stereocenters. The van der Waals surface area contributed by atoms with E-state index >= 15 is 0 Å². The molecule has 1 aliphatic heterocycles. The van der Waals surface area contributed by atoms with E-state index in [1.165, 1.54) is 0 Å². The van der Waals surface area contributed by atoms with Gasteiger partial charge in [0.2, 0.25) is 0 Å². The number of rotatable bonds is 5.